The Morgan fingerprint density at radius 2 is 1.79 bits per heavy atom. The molecule has 0 bridgehead atoms. The van der Waals surface area contributed by atoms with E-state index in [1.54, 1.807) is 39.8 Å². The zero-order valence-corrected chi connectivity index (χ0v) is 25.7. The Bertz CT molecular complexity index is 1410. The van der Waals surface area contributed by atoms with E-state index in [9.17, 15) is 32.8 Å². The number of anilines is 1. The molecule has 0 saturated heterocycles. The highest BCUT2D eigenvalue weighted by atomic mass is 79.9. The first-order valence-corrected chi connectivity index (χ1v) is 14.5. The van der Waals surface area contributed by atoms with Crippen LogP contribution in [0.25, 0.3) is 0 Å². The summed E-state index contributed by atoms with van der Waals surface area (Å²) >= 11 is 3.34. The van der Waals surface area contributed by atoms with Gasteiger partial charge in [0.05, 0.1) is 46.8 Å². The van der Waals surface area contributed by atoms with Crippen LogP contribution in [-0.4, -0.2) is 53.6 Å². The number of nitriles is 1. The summed E-state index contributed by atoms with van der Waals surface area (Å²) in [7, 11) is 0. The topological polar surface area (TPSA) is 112 Å². The van der Waals surface area contributed by atoms with E-state index in [-0.39, 0.29) is 48.4 Å². The number of amides is 3. The van der Waals surface area contributed by atoms with Crippen molar-refractivity contribution in [1.82, 2.24) is 10.2 Å². The SMILES string of the molecule is CCOC(=O)C1=C(CBr)N(c2cccc(C(F)(F)F)c2)C(=O)N(CCCNC(=O)OC(C)(C)C)[C@@H]1c1ccc(C#N)cc1. The molecule has 0 saturated carbocycles. The molecule has 0 radical (unpaired) electrons. The van der Waals surface area contributed by atoms with Gasteiger partial charge in [-0.25, -0.2) is 14.4 Å². The fraction of sp³-hybridized carbons (Fsp3) is 0.400. The van der Waals surface area contributed by atoms with Gasteiger partial charge >= 0.3 is 24.3 Å². The number of halogens is 4. The van der Waals surface area contributed by atoms with Crippen LogP contribution in [0, 0.1) is 11.3 Å². The zero-order chi connectivity index (χ0) is 31.9. The van der Waals surface area contributed by atoms with Crippen LogP contribution in [0.5, 0.6) is 0 Å². The molecule has 2 aromatic carbocycles. The molecule has 0 aliphatic carbocycles. The highest BCUT2D eigenvalue weighted by Crippen LogP contribution is 2.42. The molecule has 0 aromatic heterocycles. The number of allylic oxidation sites excluding steroid dienone is 1. The zero-order valence-electron chi connectivity index (χ0n) is 24.1. The minimum absolute atomic E-state index is 0.00671. The lowest BCUT2D eigenvalue weighted by molar-refractivity contribution is -0.139. The Kier molecular flexibility index (Phi) is 10.9. The number of nitrogens with one attached hydrogen (secondary N) is 1. The standard InChI is InChI=1S/C30H32BrF3N4O5/c1-5-42-26(39)24-23(17-31)38(22-9-6-8-21(16-22)30(32,33)34)28(41)37(15-7-14-36-27(40)43-29(2,3)4)25(24)20-12-10-19(18-35)11-13-20/h6,8-13,16,25H,5,7,14-15,17H2,1-4H3,(H,36,40)/t25-/m1/s1. The molecule has 13 heteroatoms. The maximum atomic E-state index is 14.2. The maximum Gasteiger partial charge on any atom is 0.416 e. The number of rotatable bonds is 9. The second kappa shape index (κ2) is 13.9. The number of carbonyl (C=O) groups is 3. The molecular weight excluding hydrogens is 633 g/mol. The first-order valence-electron chi connectivity index (χ1n) is 13.4. The van der Waals surface area contributed by atoms with Crippen LogP contribution < -0.4 is 10.2 Å². The summed E-state index contributed by atoms with van der Waals surface area (Å²) in [6.45, 7) is 6.87. The quantitative estimate of drug-likeness (QED) is 0.182. The lowest BCUT2D eigenvalue weighted by atomic mass is 9.92. The van der Waals surface area contributed by atoms with Gasteiger partial charge in [-0.3, -0.25) is 4.90 Å². The first-order chi connectivity index (χ1) is 20.2. The van der Waals surface area contributed by atoms with E-state index in [0.29, 0.717) is 11.1 Å². The molecule has 3 rings (SSSR count). The Morgan fingerprint density at radius 3 is 2.35 bits per heavy atom. The van der Waals surface area contributed by atoms with Gasteiger partial charge in [0.2, 0.25) is 0 Å². The molecule has 43 heavy (non-hydrogen) atoms. The van der Waals surface area contributed by atoms with Crippen molar-refractivity contribution in [3.63, 3.8) is 0 Å². The average Bonchev–Trinajstić information content (AvgIpc) is 2.94. The molecule has 1 heterocycles. The van der Waals surface area contributed by atoms with E-state index >= 15 is 0 Å². The van der Waals surface area contributed by atoms with Gasteiger partial charge in [0.15, 0.2) is 0 Å². The Hall–Kier alpha value is -4.05. The van der Waals surface area contributed by atoms with Crippen molar-refractivity contribution in [2.24, 2.45) is 0 Å². The van der Waals surface area contributed by atoms with Gasteiger partial charge in [-0.1, -0.05) is 34.1 Å². The van der Waals surface area contributed by atoms with E-state index in [0.717, 1.165) is 17.0 Å². The molecule has 1 aliphatic heterocycles. The second-order valence-corrected chi connectivity index (χ2v) is 11.1. The lowest BCUT2D eigenvalue weighted by Gasteiger charge is -2.43. The molecule has 0 fully saturated rings. The third-order valence-corrected chi connectivity index (χ3v) is 6.79. The normalized spacial score (nSPS) is 15.7. The van der Waals surface area contributed by atoms with Crippen LogP contribution in [0.2, 0.25) is 0 Å². The summed E-state index contributed by atoms with van der Waals surface area (Å²) < 4.78 is 51.5. The number of ether oxygens (including phenoxy) is 2. The predicted molar refractivity (Wildman–Crippen MR) is 156 cm³/mol. The van der Waals surface area contributed by atoms with Crippen molar-refractivity contribution in [2.45, 2.75) is 51.9 Å². The summed E-state index contributed by atoms with van der Waals surface area (Å²) in [5.41, 5.74) is -0.784. The molecule has 9 nitrogen and oxygen atoms in total. The summed E-state index contributed by atoms with van der Waals surface area (Å²) in [4.78, 5) is 42.3. The molecule has 1 atom stereocenters. The predicted octanol–water partition coefficient (Wildman–Crippen LogP) is 6.69. The largest absolute Gasteiger partial charge is 0.463 e. The fourth-order valence-electron chi connectivity index (χ4n) is 4.51. The number of carbonyl (C=O) groups excluding carboxylic acids is 3. The summed E-state index contributed by atoms with van der Waals surface area (Å²) in [6, 6.07) is 10.9. The summed E-state index contributed by atoms with van der Waals surface area (Å²) in [5, 5.41) is 11.8. The number of benzene rings is 2. The Balaban J connectivity index is 2.14. The van der Waals surface area contributed by atoms with Gasteiger partial charge in [-0.2, -0.15) is 18.4 Å². The Morgan fingerprint density at radius 1 is 1.12 bits per heavy atom. The van der Waals surface area contributed by atoms with Crippen molar-refractivity contribution in [1.29, 1.82) is 5.26 Å². The van der Waals surface area contributed by atoms with E-state index in [2.05, 4.69) is 21.2 Å². The van der Waals surface area contributed by atoms with Crippen molar-refractivity contribution >= 4 is 39.7 Å². The molecule has 1 N–H and O–H groups in total. The van der Waals surface area contributed by atoms with Crippen molar-refractivity contribution < 1.29 is 37.0 Å². The van der Waals surface area contributed by atoms with Crippen LogP contribution in [0.3, 0.4) is 0 Å². The smallest absolute Gasteiger partial charge is 0.416 e. The molecule has 1 aliphatic rings. The number of hydrogen-bond acceptors (Lipinski definition) is 6. The van der Waals surface area contributed by atoms with Gasteiger partial charge in [-0.15, -0.1) is 0 Å². The first kappa shape index (κ1) is 33.5. The number of nitrogens with zero attached hydrogens (tertiary/aromatic N) is 3. The van der Waals surface area contributed by atoms with Crippen LogP contribution >= 0.6 is 15.9 Å². The van der Waals surface area contributed by atoms with E-state index in [1.807, 2.05) is 6.07 Å². The van der Waals surface area contributed by atoms with Crippen molar-refractivity contribution in [3.8, 4) is 6.07 Å². The fourth-order valence-corrected chi connectivity index (χ4v) is 5.06. The maximum absolute atomic E-state index is 14.2. The van der Waals surface area contributed by atoms with Gasteiger partial charge in [0.1, 0.15) is 5.60 Å². The number of urea groups is 1. The van der Waals surface area contributed by atoms with E-state index in [4.69, 9.17) is 9.47 Å². The van der Waals surface area contributed by atoms with Crippen LogP contribution in [0.15, 0.2) is 59.8 Å². The third kappa shape index (κ3) is 8.28. The molecule has 2 aromatic rings. The summed E-state index contributed by atoms with van der Waals surface area (Å²) in [6.07, 6.45) is -5.11. The lowest BCUT2D eigenvalue weighted by Crippen LogP contribution is -2.52. The number of alkyl halides is 4. The monoisotopic (exact) mass is 664 g/mol. The van der Waals surface area contributed by atoms with Gasteiger partial charge in [0.25, 0.3) is 0 Å². The van der Waals surface area contributed by atoms with E-state index < -0.39 is 41.5 Å². The van der Waals surface area contributed by atoms with Gasteiger partial charge in [0, 0.05) is 18.4 Å². The molecular formula is C30H32BrF3N4O5. The molecule has 3 amide bonds. The molecule has 0 spiro atoms. The van der Waals surface area contributed by atoms with Gasteiger partial charge in [-0.05, 0) is 70.0 Å². The van der Waals surface area contributed by atoms with E-state index in [1.165, 1.54) is 29.2 Å². The number of alkyl carbamates (subject to hydrolysis) is 1. The van der Waals surface area contributed by atoms with Crippen LogP contribution in [0.4, 0.5) is 28.4 Å². The highest BCUT2D eigenvalue weighted by Gasteiger charge is 2.44. The minimum atomic E-state index is -4.67. The third-order valence-electron chi connectivity index (χ3n) is 6.26. The van der Waals surface area contributed by atoms with Crippen LogP contribution in [0.1, 0.15) is 56.8 Å². The van der Waals surface area contributed by atoms with Crippen molar-refractivity contribution in [3.05, 3.63) is 76.5 Å². The molecule has 0 unspecified atom stereocenters. The van der Waals surface area contributed by atoms with Crippen molar-refractivity contribution in [2.75, 3.05) is 29.9 Å². The number of hydrogen-bond donors (Lipinski definition) is 1. The molecule has 230 valence electrons. The average molecular weight is 666 g/mol. The van der Waals surface area contributed by atoms with Crippen LogP contribution in [-0.2, 0) is 20.4 Å². The summed E-state index contributed by atoms with van der Waals surface area (Å²) in [5.74, 6) is -0.757. The highest BCUT2D eigenvalue weighted by molar-refractivity contribution is 9.09. The second-order valence-electron chi connectivity index (χ2n) is 10.5. The Labute approximate surface area is 256 Å². The van der Waals surface area contributed by atoms with Gasteiger partial charge < -0.3 is 19.7 Å². The minimum Gasteiger partial charge on any atom is -0.463 e. The number of esters is 1.